The summed E-state index contributed by atoms with van der Waals surface area (Å²) < 4.78 is 7.50. The Kier molecular flexibility index (Phi) is 5.38. The number of nitrogens with zero attached hydrogens (tertiary/aromatic N) is 4. The number of morpholine rings is 1. The van der Waals surface area contributed by atoms with E-state index in [1.54, 1.807) is 0 Å². The molecule has 1 saturated heterocycles. The van der Waals surface area contributed by atoms with E-state index in [1.807, 2.05) is 37.5 Å². The molecule has 1 N–H and O–H groups in total. The number of ether oxygens (including phenoxy) is 1. The molecule has 3 heterocycles. The van der Waals surface area contributed by atoms with Gasteiger partial charge in [-0.15, -0.1) is 0 Å². The molecule has 0 radical (unpaired) electrons. The average molecular weight is 406 g/mol. The largest absolute Gasteiger partial charge is 0.378 e. The summed E-state index contributed by atoms with van der Waals surface area (Å²) in [7, 11) is 0. The number of halogens is 2. The minimum atomic E-state index is 0.693. The Hall–Kier alpha value is -2.02. The molecule has 0 unspecified atom stereocenters. The van der Waals surface area contributed by atoms with E-state index in [-0.39, 0.29) is 0 Å². The van der Waals surface area contributed by atoms with Crippen molar-refractivity contribution in [3.8, 4) is 0 Å². The van der Waals surface area contributed by atoms with E-state index in [1.165, 1.54) is 0 Å². The van der Waals surface area contributed by atoms with Gasteiger partial charge < -0.3 is 15.0 Å². The molecule has 0 atom stereocenters. The molecule has 3 aromatic rings. The van der Waals surface area contributed by atoms with Crippen molar-refractivity contribution in [2.24, 2.45) is 0 Å². The van der Waals surface area contributed by atoms with Gasteiger partial charge in [-0.2, -0.15) is 0 Å². The summed E-state index contributed by atoms with van der Waals surface area (Å²) in [6.07, 6.45) is 4.48. The number of anilines is 2. The molecule has 142 valence electrons. The number of aryl methyl sites for hydroxylation is 1. The van der Waals surface area contributed by atoms with Crippen LogP contribution in [-0.4, -0.2) is 47.2 Å². The Balaban J connectivity index is 1.56. The Morgan fingerprint density at radius 2 is 1.93 bits per heavy atom. The van der Waals surface area contributed by atoms with Gasteiger partial charge in [0.1, 0.15) is 5.82 Å². The van der Waals surface area contributed by atoms with Gasteiger partial charge in [-0.3, -0.25) is 4.40 Å². The van der Waals surface area contributed by atoms with Crippen molar-refractivity contribution in [2.75, 3.05) is 43.1 Å². The Morgan fingerprint density at radius 3 is 2.67 bits per heavy atom. The van der Waals surface area contributed by atoms with Crippen LogP contribution in [0.2, 0.25) is 10.0 Å². The highest BCUT2D eigenvalue weighted by atomic mass is 35.5. The quantitative estimate of drug-likeness (QED) is 0.698. The van der Waals surface area contributed by atoms with Crippen LogP contribution in [0.5, 0.6) is 0 Å². The molecule has 1 aliphatic heterocycles. The lowest BCUT2D eigenvalue weighted by molar-refractivity contribution is 0.122. The fraction of sp³-hybridized carbons (Fsp3) is 0.368. The first kappa shape index (κ1) is 18.3. The molecule has 8 heteroatoms. The second kappa shape index (κ2) is 7.92. The lowest BCUT2D eigenvalue weighted by Gasteiger charge is -2.27. The number of benzene rings is 1. The van der Waals surface area contributed by atoms with Crippen molar-refractivity contribution in [3.63, 3.8) is 0 Å². The van der Waals surface area contributed by atoms with Crippen LogP contribution in [0.3, 0.4) is 0 Å². The van der Waals surface area contributed by atoms with Crippen molar-refractivity contribution in [1.82, 2.24) is 14.4 Å². The summed E-state index contributed by atoms with van der Waals surface area (Å²) in [6, 6.07) is 5.58. The first-order valence-corrected chi connectivity index (χ1v) is 9.74. The maximum absolute atomic E-state index is 6.27. The molecule has 4 rings (SSSR count). The molecular formula is C19H21Cl2N5O. The minimum absolute atomic E-state index is 0.693. The highest BCUT2D eigenvalue weighted by molar-refractivity contribution is 6.36. The summed E-state index contributed by atoms with van der Waals surface area (Å²) in [6.45, 7) is 5.78. The van der Waals surface area contributed by atoms with Crippen LogP contribution < -0.4 is 10.2 Å². The van der Waals surface area contributed by atoms with Crippen molar-refractivity contribution in [2.45, 2.75) is 13.3 Å². The molecular weight excluding hydrogens is 385 g/mol. The molecule has 1 aliphatic rings. The summed E-state index contributed by atoms with van der Waals surface area (Å²) >= 11 is 12.5. The van der Waals surface area contributed by atoms with Crippen molar-refractivity contribution >= 4 is 40.5 Å². The van der Waals surface area contributed by atoms with Crippen LogP contribution in [-0.2, 0) is 11.2 Å². The number of nitrogens with one attached hydrogen (secondary N) is 1. The highest BCUT2D eigenvalue weighted by Gasteiger charge is 2.19. The van der Waals surface area contributed by atoms with Crippen molar-refractivity contribution < 1.29 is 4.74 Å². The van der Waals surface area contributed by atoms with Crippen molar-refractivity contribution in [1.29, 1.82) is 0 Å². The van der Waals surface area contributed by atoms with Gasteiger partial charge in [0.2, 0.25) is 0 Å². The van der Waals surface area contributed by atoms with Gasteiger partial charge in [-0.1, -0.05) is 29.3 Å². The fourth-order valence-electron chi connectivity index (χ4n) is 3.37. The van der Waals surface area contributed by atoms with E-state index < -0.39 is 0 Å². The predicted molar refractivity (Wildman–Crippen MR) is 109 cm³/mol. The second-order valence-electron chi connectivity index (χ2n) is 6.47. The summed E-state index contributed by atoms with van der Waals surface area (Å²) in [5, 5.41) is 4.87. The summed E-state index contributed by atoms with van der Waals surface area (Å²) in [4.78, 5) is 11.5. The number of hydrogen-bond donors (Lipinski definition) is 1. The van der Waals surface area contributed by atoms with E-state index in [2.05, 4.69) is 19.6 Å². The maximum atomic E-state index is 6.27. The van der Waals surface area contributed by atoms with E-state index in [9.17, 15) is 0 Å². The van der Waals surface area contributed by atoms with Gasteiger partial charge in [0, 0.05) is 42.1 Å². The highest BCUT2D eigenvalue weighted by Crippen LogP contribution is 2.27. The molecule has 0 spiro atoms. The zero-order valence-electron chi connectivity index (χ0n) is 15.1. The molecule has 1 fully saturated rings. The smallest absolute Gasteiger partial charge is 0.182 e. The summed E-state index contributed by atoms with van der Waals surface area (Å²) in [5.74, 6) is 1.86. The molecule has 0 aliphatic carbocycles. The first-order valence-electron chi connectivity index (χ1n) is 8.98. The third-order valence-corrected chi connectivity index (χ3v) is 5.45. The van der Waals surface area contributed by atoms with E-state index >= 15 is 0 Å². The van der Waals surface area contributed by atoms with Crippen LogP contribution in [0.25, 0.3) is 5.65 Å². The van der Waals surface area contributed by atoms with Gasteiger partial charge in [-0.25, -0.2) is 9.97 Å². The number of imidazole rings is 1. The maximum Gasteiger partial charge on any atom is 0.182 e. The zero-order valence-corrected chi connectivity index (χ0v) is 16.6. The number of hydrogen-bond acceptors (Lipinski definition) is 5. The molecule has 1 aromatic carbocycles. The fourth-order valence-corrected chi connectivity index (χ4v) is 3.95. The number of rotatable bonds is 5. The second-order valence-corrected chi connectivity index (χ2v) is 7.28. The van der Waals surface area contributed by atoms with Gasteiger partial charge in [-0.05, 0) is 31.0 Å². The molecule has 0 bridgehead atoms. The Morgan fingerprint density at radius 1 is 1.19 bits per heavy atom. The average Bonchev–Trinajstić information content (AvgIpc) is 3.00. The number of aromatic nitrogens is 3. The number of fused-ring (bicyclic) bond motifs is 1. The summed E-state index contributed by atoms with van der Waals surface area (Å²) in [5.41, 5.74) is 2.74. The van der Waals surface area contributed by atoms with Crippen LogP contribution in [0, 0.1) is 6.92 Å². The normalized spacial score (nSPS) is 14.7. The molecule has 0 saturated carbocycles. The van der Waals surface area contributed by atoms with Gasteiger partial charge in [0.05, 0.1) is 18.9 Å². The Labute approximate surface area is 168 Å². The zero-order chi connectivity index (χ0) is 18.8. The topological polar surface area (TPSA) is 54.7 Å². The van der Waals surface area contributed by atoms with Gasteiger partial charge >= 0.3 is 0 Å². The molecule has 0 amide bonds. The molecule has 6 nitrogen and oxygen atoms in total. The van der Waals surface area contributed by atoms with Crippen LogP contribution >= 0.6 is 23.2 Å². The van der Waals surface area contributed by atoms with Crippen molar-refractivity contribution in [3.05, 3.63) is 51.9 Å². The van der Waals surface area contributed by atoms with E-state index in [0.717, 1.165) is 48.1 Å². The van der Waals surface area contributed by atoms with Crippen LogP contribution in [0.4, 0.5) is 11.6 Å². The van der Waals surface area contributed by atoms with E-state index in [0.29, 0.717) is 29.8 Å². The predicted octanol–water partition coefficient (Wildman–Crippen LogP) is 3.84. The lowest BCUT2D eigenvalue weighted by Crippen LogP contribution is -2.37. The standard InChI is InChI=1S/C19H21Cl2N5O/c1-13-17(22-6-5-14-15(20)3-2-4-16(14)21)26-8-7-23-18(19(26)24-13)25-9-11-27-12-10-25/h2-4,7-8,22H,5-6,9-12H2,1H3. The van der Waals surface area contributed by atoms with Gasteiger partial charge in [0.15, 0.2) is 11.5 Å². The third kappa shape index (κ3) is 3.70. The first-order chi connectivity index (χ1) is 13.1. The SMILES string of the molecule is Cc1nc2c(N3CCOCC3)nccn2c1NCCc1c(Cl)cccc1Cl. The van der Waals surface area contributed by atoms with Gasteiger partial charge in [0.25, 0.3) is 0 Å². The third-order valence-electron chi connectivity index (χ3n) is 4.74. The Bertz CT molecular complexity index is 932. The van der Waals surface area contributed by atoms with E-state index in [4.69, 9.17) is 32.9 Å². The molecule has 27 heavy (non-hydrogen) atoms. The van der Waals surface area contributed by atoms with Crippen LogP contribution in [0.1, 0.15) is 11.3 Å². The lowest BCUT2D eigenvalue weighted by atomic mass is 10.1. The minimum Gasteiger partial charge on any atom is -0.378 e. The monoisotopic (exact) mass is 405 g/mol. The van der Waals surface area contributed by atoms with Crippen LogP contribution in [0.15, 0.2) is 30.6 Å². The molecule has 2 aromatic heterocycles.